The van der Waals surface area contributed by atoms with Crippen molar-refractivity contribution in [2.24, 2.45) is 0 Å². The predicted octanol–water partition coefficient (Wildman–Crippen LogP) is 4.70. The molecular formula is C22H27ClN2O4S. The number of nitrogens with one attached hydrogen (secondary N) is 1. The van der Waals surface area contributed by atoms with E-state index in [1.54, 1.807) is 54.6 Å². The number of rotatable bonds is 6. The summed E-state index contributed by atoms with van der Waals surface area (Å²) in [7, 11) is -3.52. The molecule has 0 unspecified atom stereocenters. The molecule has 0 radical (unpaired) electrons. The number of hydrogen-bond donors (Lipinski definition) is 1. The van der Waals surface area contributed by atoms with Crippen LogP contribution in [-0.2, 0) is 14.8 Å². The summed E-state index contributed by atoms with van der Waals surface area (Å²) in [5.41, 5.74) is -0.632. The van der Waals surface area contributed by atoms with Gasteiger partial charge in [-0.05, 0) is 75.2 Å². The van der Waals surface area contributed by atoms with E-state index in [1.165, 1.54) is 12.1 Å². The van der Waals surface area contributed by atoms with Gasteiger partial charge in [0.05, 0.1) is 4.90 Å². The first-order chi connectivity index (χ1) is 14.2. The molecule has 1 amide bonds. The van der Waals surface area contributed by atoms with Crippen molar-refractivity contribution in [2.45, 2.75) is 50.0 Å². The van der Waals surface area contributed by atoms with Gasteiger partial charge in [-0.15, -0.1) is 0 Å². The molecular weight excluding hydrogens is 424 g/mol. The molecule has 0 bridgehead atoms. The number of anilines is 1. The Morgan fingerprint density at radius 3 is 2.10 bits per heavy atom. The monoisotopic (exact) mass is 450 g/mol. The van der Waals surface area contributed by atoms with Crippen LogP contribution in [0.15, 0.2) is 53.4 Å². The molecule has 0 aliphatic carbocycles. The number of ether oxygens (including phenoxy) is 1. The number of halogens is 1. The van der Waals surface area contributed by atoms with E-state index < -0.39 is 15.6 Å². The van der Waals surface area contributed by atoms with Crippen molar-refractivity contribution in [2.75, 3.05) is 18.4 Å². The number of hydrogen-bond acceptors (Lipinski definition) is 4. The van der Waals surface area contributed by atoms with Gasteiger partial charge in [0.2, 0.25) is 10.0 Å². The summed E-state index contributed by atoms with van der Waals surface area (Å²) in [6.45, 7) is 4.43. The van der Waals surface area contributed by atoms with E-state index >= 15 is 0 Å². The molecule has 0 atom stereocenters. The summed E-state index contributed by atoms with van der Waals surface area (Å²) in [5, 5.41) is 3.37. The Kier molecular flexibility index (Phi) is 7.06. The summed E-state index contributed by atoms with van der Waals surface area (Å²) in [4.78, 5) is 12.9. The minimum absolute atomic E-state index is 0.235. The van der Waals surface area contributed by atoms with Crippen molar-refractivity contribution >= 4 is 33.2 Å². The first-order valence-corrected chi connectivity index (χ1v) is 11.9. The van der Waals surface area contributed by atoms with Crippen molar-refractivity contribution in [3.63, 3.8) is 0 Å². The normalized spacial score (nSPS) is 16.0. The summed E-state index contributed by atoms with van der Waals surface area (Å²) in [6.07, 6.45) is 3.89. The van der Waals surface area contributed by atoms with E-state index in [0.29, 0.717) is 29.5 Å². The number of sulfonamides is 1. The fraction of sp³-hybridized carbons (Fsp3) is 0.409. The molecule has 2 aromatic rings. The third-order valence-electron chi connectivity index (χ3n) is 5.05. The molecule has 3 rings (SSSR count). The number of nitrogens with zero attached hydrogens (tertiary/aromatic N) is 1. The van der Waals surface area contributed by atoms with Crippen LogP contribution in [0.25, 0.3) is 0 Å². The maximum absolute atomic E-state index is 12.9. The van der Waals surface area contributed by atoms with Crippen molar-refractivity contribution in [3.05, 3.63) is 53.6 Å². The van der Waals surface area contributed by atoms with Crippen molar-refractivity contribution < 1.29 is 17.9 Å². The van der Waals surface area contributed by atoms with Gasteiger partial charge in [0, 0.05) is 23.8 Å². The van der Waals surface area contributed by atoms with Crippen LogP contribution in [0.5, 0.6) is 5.75 Å². The van der Waals surface area contributed by atoms with Crippen molar-refractivity contribution in [1.82, 2.24) is 4.31 Å². The van der Waals surface area contributed by atoms with Crippen molar-refractivity contribution in [3.8, 4) is 5.75 Å². The molecule has 0 aromatic heterocycles. The molecule has 1 heterocycles. The zero-order valence-electron chi connectivity index (χ0n) is 17.2. The predicted molar refractivity (Wildman–Crippen MR) is 118 cm³/mol. The Morgan fingerprint density at radius 2 is 1.53 bits per heavy atom. The molecule has 1 saturated heterocycles. The van der Waals surface area contributed by atoms with Gasteiger partial charge < -0.3 is 10.1 Å². The minimum atomic E-state index is -3.52. The van der Waals surface area contributed by atoms with Crippen LogP contribution in [0.1, 0.15) is 39.5 Å². The molecule has 0 spiro atoms. The first-order valence-electron chi connectivity index (χ1n) is 10.0. The summed E-state index contributed by atoms with van der Waals surface area (Å²) in [5.74, 6) is 0.180. The van der Waals surface area contributed by atoms with Crippen LogP contribution >= 0.6 is 11.6 Å². The largest absolute Gasteiger partial charge is 0.478 e. The fourth-order valence-electron chi connectivity index (χ4n) is 3.27. The zero-order chi connectivity index (χ0) is 21.8. The number of carbonyl (C=O) groups excluding carboxylic acids is 1. The van der Waals surface area contributed by atoms with E-state index in [0.717, 1.165) is 25.7 Å². The van der Waals surface area contributed by atoms with E-state index in [2.05, 4.69) is 5.32 Å². The lowest BCUT2D eigenvalue weighted by Crippen LogP contribution is -2.42. The highest BCUT2D eigenvalue weighted by atomic mass is 35.5. The zero-order valence-corrected chi connectivity index (χ0v) is 18.8. The van der Waals surface area contributed by atoms with Crippen LogP contribution in [0.4, 0.5) is 5.69 Å². The van der Waals surface area contributed by atoms with Crippen LogP contribution in [0.2, 0.25) is 5.02 Å². The second-order valence-electron chi connectivity index (χ2n) is 7.86. The SMILES string of the molecule is CC(C)(Oc1ccc(Cl)cc1)C(=O)Nc1ccc(S(=O)(=O)N2CCCCCC2)cc1. The molecule has 8 heteroatoms. The Bertz CT molecular complexity index is 965. The number of carbonyl (C=O) groups is 1. The lowest BCUT2D eigenvalue weighted by molar-refractivity contribution is -0.128. The molecule has 1 aliphatic heterocycles. The molecule has 1 aliphatic rings. The Hall–Kier alpha value is -2.09. The van der Waals surface area contributed by atoms with Crippen LogP contribution in [0.3, 0.4) is 0 Å². The second kappa shape index (κ2) is 9.37. The van der Waals surface area contributed by atoms with Crippen LogP contribution < -0.4 is 10.1 Å². The Balaban J connectivity index is 1.67. The number of amides is 1. The van der Waals surface area contributed by atoms with E-state index in [-0.39, 0.29) is 10.8 Å². The average molecular weight is 451 g/mol. The molecule has 2 aromatic carbocycles. The summed E-state index contributed by atoms with van der Waals surface area (Å²) in [6, 6.07) is 13.0. The lowest BCUT2D eigenvalue weighted by Gasteiger charge is -2.25. The molecule has 1 N–H and O–H groups in total. The maximum atomic E-state index is 12.9. The maximum Gasteiger partial charge on any atom is 0.267 e. The van der Waals surface area contributed by atoms with E-state index in [1.807, 2.05) is 0 Å². The van der Waals surface area contributed by atoms with Gasteiger partial charge in [-0.2, -0.15) is 4.31 Å². The van der Waals surface area contributed by atoms with Crippen molar-refractivity contribution in [1.29, 1.82) is 0 Å². The standard InChI is InChI=1S/C22H27ClN2O4S/c1-22(2,29-19-11-7-17(23)8-12-19)21(26)24-18-9-13-20(14-10-18)30(27,28)25-15-5-3-4-6-16-25/h7-14H,3-6,15-16H2,1-2H3,(H,24,26). The molecule has 162 valence electrons. The second-order valence-corrected chi connectivity index (χ2v) is 10.2. The van der Waals surface area contributed by atoms with Gasteiger partial charge in [0.25, 0.3) is 5.91 Å². The number of benzene rings is 2. The average Bonchev–Trinajstić information content (AvgIpc) is 3.00. The van der Waals surface area contributed by atoms with Gasteiger partial charge in [-0.25, -0.2) is 8.42 Å². The molecule has 30 heavy (non-hydrogen) atoms. The fourth-order valence-corrected chi connectivity index (χ4v) is 4.91. The summed E-state index contributed by atoms with van der Waals surface area (Å²) < 4.78 is 33.1. The third-order valence-corrected chi connectivity index (χ3v) is 7.21. The minimum Gasteiger partial charge on any atom is -0.478 e. The summed E-state index contributed by atoms with van der Waals surface area (Å²) >= 11 is 5.87. The van der Waals surface area contributed by atoms with Crippen LogP contribution in [-0.4, -0.2) is 37.3 Å². The van der Waals surface area contributed by atoms with Gasteiger partial charge in [-0.1, -0.05) is 24.4 Å². The van der Waals surface area contributed by atoms with Gasteiger partial charge in [0.1, 0.15) is 5.75 Å². The lowest BCUT2D eigenvalue weighted by atomic mass is 10.1. The molecule has 6 nitrogen and oxygen atoms in total. The van der Waals surface area contributed by atoms with Gasteiger partial charge >= 0.3 is 0 Å². The highest BCUT2D eigenvalue weighted by molar-refractivity contribution is 7.89. The smallest absolute Gasteiger partial charge is 0.267 e. The quantitative estimate of drug-likeness (QED) is 0.692. The topological polar surface area (TPSA) is 75.7 Å². The highest BCUT2D eigenvalue weighted by Crippen LogP contribution is 2.24. The van der Waals surface area contributed by atoms with E-state index in [4.69, 9.17) is 16.3 Å². The van der Waals surface area contributed by atoms with E-state index in [9.17, 15) is 13.2 Å². The van der Waals surface area contributed by atoms with Gasteiger partial charge in [0.15, 0.2) is 5.60 Å². The first kappa shape index (κ1) is 22.6. The highest BCUT2D eigenvalue weighted by Gasteiger charge is 2.30. The Morgan fingerprint density at radius 1 is 0.967 bits per heavy atom. The molecule has 1 fully saturated rings. The Labute approximate surface area is 183 Å². The molecule has 0 saturated carbocycles. The third kappa shape index (κ3) is 5.53. The van der Waals surface area contributed by atoms with Crippen LogP contribution in [0, 0.1) is 0 Å². The van der Waals surface area contributed by atoms with Gasteiger partial charge in [-0.3, -0.25) is 4.79 Å².